The monoisotopic (exact) mass is 224 g/mol. The molecule has 0 fully saturated rings. The van der Waals surface area contributed by atoms with Crippen LogP contribution < -0.4 is 5.32 Å². The second-order valence-corrected chi connectivity index (χ2v) is 3.73. The van der Waals surface area contributed by atoms with E-state index in [1.54, 1.807) is 24.1 Å². The molecule has 0 aliphatic carbocycles. The lowest BCUT2D eigenvalue weighted by molar-refractivity contribution is -0.130. The Morgan fingerprint density at radius 1 is 1.38 bits per heavy atom. The van der Waals surface area contributed by atoms with Crippen molar-refractivity contribution < 1.29 is 9.18 Å². The molecule has 0 saturated heterocycles. The van der Waals surface area contributed by atoms with Crippen LogP contribution in [0.4, 0.5) is 4.39 Å². The Balaban J connectivity index is 2.47. The van der Waals surface area contributed by atoms with Crippen molar-refractivity contribution in [3.63, 3.8) is 0 Å². The topological polar surface area (TPSA) is 32.3 Å². The Kier molecular flexibility index (Phi) is 4.92. The lowest BCUT2D eigenvalue weighted by Crippen LogP contribution is -2.28. The number of halogens is 1. The van der Waals surface area contributed by atoms with Gasteiger partial charge in [-0.2, -0.15) is 0 Å². The molecule has 1 aromatic rings. The van der Waals surface area contributed by atoms with Gasteiger partial charge in [0.2, 0.25) is 5.91 Å². The van der Waals surface area contributed by atoms with E-state index in [4.69, 9.17) is 0 Å². The second-order valence-electron chi connectivity index (χ2n) is 3.73. The normalized spacial score (nSPS) is 10.2. The van der Waals surface area contributed by atoms with Gasteiger partial charge < -0.3 is 10.2 Å². The van der Waals surface area contributed by atoms with Crippen molar-refractivity contribution in [3.8, 4) is 0 Å². The zero-order valence-electron chi connectivity index (χ0n) is 9.66. The molecular formula is C12H17FN2O. The van der Waals surface area contributed by atoms with Gasteiger partial charge in [0.05, 0.1) is 0 Å². The van der Waals surface area contributed by atoms with Gasteiger partial charge in [0.25, 0.3) is 0 Å². The summed E-state index contributed by atoms with van der Waals surface area (Å²) in [5.41, 5.74) is 0.932. The first-order valence-electron chi connectivity index (χ1n) is 5.26. The van der Waals surface area contributed by atoms with Crippen LogP contribution in [0, 0.1) is 5.82 Å². The van der Waals surface area contributed by atoms with Gasteiger partial charge >= 0.3 is 0 Å². The Morgan fingerprint density at radius 3 is 2.56 bits per heavy atom. The quantitative estimate of drug-likeness (QED) is 0.819. The SMILES string of the molecule is CNCCC(=O)N(C)Cc1ccc(F)cc1. The van der Waals surface area contributed by atoms with Crippen LogP contribution >= 0.6 is 0 Å². The minimum atomic E-state index is -0.257. The second kappa shape index (κ2) is 6.23. The van der Waals surface area contributed by atoms with Crippen LogP contribution in [0.5, 0.6) is 0 Å². The number of rotatable bonds is 5. The highest BCUT2D eigenvalue weighted by Crippen LogP contribution is 2.06. The van der Waals surface area contributed by atoms with Gasteiger partial charge in [-0.05, 0) is 24.7 Å². The lowest BCUT2D eigenvalue weighted by Gasteiger charge is -2.17. The number of carbonyl (C=O) groups is 1. The summed E-state index contributed by atoms with van der Waals surface area (Å²) in [6, 6.07) is 6.19. The summed E-state index contributed by atoms with van der Waals surface area (Å²) in [6.07, 6.45) is 0.480. The Hall–Kier alpha value is -1.42. The molecule has 4 heteroatoms. The van der Waals surface area contributed by atoms with E-state index in [9.17, 15) is 9.18 Å². The summed E-state index contributed by atoms with van der Waals surface area (Å²) in [6.45, 7) is 1.19. The van der Waals surface area contributed by atoms with Gasteiger partial charge in [0.15, 0.2) is 0 Å². The molecule has 0 aliphatic rings. The van der Waals surface area contributed by atoms with Gasteiger partial charge in [0.1, 0.15) is 5.82 Å². The third kappa shape index (κ3) is 3.98. The Bertz CT molecular complexity index is 337. The summed E-state index contributed by atoms with van der Waals surface area (Å²) in [7, 11) is 3.56. The summed E-state index contributed by atoms with van der Waals surface area (Å²) >= 11 is 0. The molecule has 0 unspecified atom stereocenters. The van der Waals surface area contributed by atoms with E-state index in [2.05, 4.69) is 5.32 Å². The highest BCUT2D eigenvalue weighted by molar-refractivity contribution is 5.76. The van der Waals surface area contributed by atoms with Crippen molar-refractivity contribution in [1.29, 1.82) is 0 Å². The standard InChI is InChI=1S/C12H17FN2O/c1-14-8-7-12(16)15(2)9-10-3-5-11(13)6-4-10/h3-6,14H,7-9H2,1-2H3. The van der Waals surface area contributed by atoms with Crippen molar-refractivity contribution in [3.05, 3.63) is 35.6 Å². The molecule has 0 aliphatic heterocycles. The van der Waals surface area contributed by atoms with Crippen molar-refractivity contribution in [1.82, 2.24) is 10.2 Å². The zero-order valence-corrected chi connectivity index (χ0v) is 9.66. The number of benzene rings is 1. The number of nitrogens with one attached hydrogen (secondary N) is 1. The molecule has 1 N–H and O–H groups in total. The molecule has 0 heterocycles. The van der Waals surface area contributed by atoms with Crippen molar-refractivity contribution in [2.45, 2.75) is 13.0 Å². The molecule has 0 atom stereocenters. The molecule has 0 radical (unpaired) electrons. The summed E-state index contributed by atoms with van der Waals surface area (Å²) in [4.78, 5) is 13.2. The Morgan fingerprint density at radius 2 is 2.00 bits per heavy atom. The molecule has 0 aromatic heterocycles. The van der Waals surface area contributed by atoms with Gasteiger partial charge in [-0.15, -0.1) is 0 Å². The zero-order chi connectivity index (χ0) is 12.0. The van der Waals surface area contributed by atoms with Crippen LogP contribution in [-0.2, 0) is 11.3 Å². The van der Waals surface area contributed by atoms with E-state index in [0.717, 1.165) is 5.56 Å². The fraction of sp³-hybridized carbons (Fsp3) is 0.417. The number of carbonyl (C=O) groups excluding carboxylic acids is 1. The molecule has 1 aromatic carbocycles. The van der Waals surface area contributed by atoms with Crippen molar-refractivity contribution >= 4 is 5.91 Å². The molecular weight excluding hydrogens is 207 g/mol. The van der Waals surface area contributed by atoms with E-state index in [-0.39, 0.29) is 11.7 Å². The molecule has 0 saturated carbocycles. The molecule has 0 spiro atoms. The largest absolute Gasteiger partial charge is 0.341 e. The lowest BCUT2D eigenvalue weighted by atomic mass is 10.2. The fourth-order valence-corrected chi connectivity index (χ4v) is 1.37. The molecule has 88 valence electrons. The average molecular weight is 224 g/mol. The first kappa shape index (κ1) is 12.6. The average Bonchev–Trinajstić information content (AvgIpc) is 2.29. The predicted octanol–water partition coefficient (Wildman–Crippen LogP) is 1.39. The predicted molar refractivity (Wildman–Crippen MR) is 61.4 cm³/mol. The molecule has 1 amide bonds. The van der Waals surface area contributed by atoms with Gasteiger partial charge in [0, 0.05) is 26.6 Å². The van der Waals surface area contributed by atoms with Crippen LogP contribution in [0.25, 0.3) is 0 Å². The smallest absolute Gasteiger partial charge is 0.223 e. The Labute approximate surface area is 95.3 Å². The van der Waals surface area contributed by atoms with E-state index >= 15 is 0 Å². The summed E-state index contributed by atoms with van der Waals surface area (Å²) in [5.74, 6) is -0.174. The molecule has 3 nitrogen and oxygen atoms in total. The maximum Gasteiger partial charge on any atom is 0.223 e. The minimum absolute atomic E-state index is 0.0821. The van der Waals surface area contributed by atoms with Gasteiger partial charge in [-0.1, -0.05) is 12.1 Å². The van der Waals surface area contributed by atoms with E-state index in [1.807, 2.05) is 7.05 Å². The fourth-order valence-electron chi connectivity index (χ4n) is 1.37. The van der Waals surface area contributed by atoms with Crippen molar-refractivity contribution in [2.24, 2.45) is 0 Å². The molecule has 0 bridgehead atoms. The molecule has 1 rings (SSSR count). The van der Waals surface area contributed by atoms with E-state index < -0.39 is 0 Å². The van der Waals surface area contributed by atoms with Crippen LogP contribution in [0.1, 0.15) is 12.0 Å². The van der Waals surface area contributed by atoms with Crippen LogP contribution in [0.3, 0.4) is 0 Å². The summed E-state index contributed by atoms with van der Waals surface area (Å²) < 4.78 is 12.7. The first-order valence-corrected chi connectivity index (χ1v) is 5.26. The number of hydrogen-bond donors (Lipinski definition) is 1. The maximum absolute atomic E-state index is 12.7. The highest BCUT2D eigenvalue weighted by Gasteiger charge is 2.08. The number of hydrogen-bond acceptors (Lipinski definition) is 2. The highest BCUT2D eigenvalue weighted by atomic mass is 19.1. The number of nitrogens with zero attached hydrogens (tertiary/aromatic N) is 1. The summed E-state index contributed by atoms with van der Waals surface area (Å²) in [5, 5.41) is 2.93. The minimum Gasteiger partial charge on any atom is -0.341 e. The van der Waals surface area contributed by atoms with E-state index in [0.29, 0.717) is 19.5 Å². The van der Waals surface area contributed by atoms with Gasteiger partial charge in [-0.3, -0.25) is 4.79 Å². The first-order chi connectivity index (χ1) is 7.63. The third-order valence-corrected chi connectivity index (χ3v) is 2.35. The van der Waals surface area contributed by atoms with E-state index in [1.165, 1.54) is 12.1 Å². The molecule has 16 heavy (non-hydrogen) atoms. The maximum atomic E-state index is 12.7. The van der Waals surface area contributed by atoms with Crippen molar-refractivity contribution in [2.75, 3.05) is 20.6 Å². The third-order valence-electron chi connectivity index (χ3n) is 2.35. The van der Waals surface area contributed by atoms with Gasteiger partial charge in [-0.25, -0.2) is 4.39 Å². The van der Waals surface area contributed by atoms with Crippen LogP contribution in [0.15, 0.2) is 24.3 Å². The van der Waals surface area contributed by atoms with Crippen LogP contribution in [-0.4, -0.2) is 31.4 Å². The number of amides is 1. The van der Waals surface area contributed by atoms with Crippen LogP contribution in [0.2, 0.25) is 0 Å².